The van der Waals surface area contributed by atoms with Crippen LogP contribution in [-0.4, -0.2) is 18.4 Å². The lowest BCUT2D eigenvalue weighted by molar-refractivity contribution is -0.118. The van der Waals surface area contributed by atoms with Gasteiger partial charge in [0.05, 0.1) is 0 Å². The Balaban J connectivity index is 2.11. The lowest BCUT2D eigenvalue weighted by Gasteiger charge is -2.04. The molecule has 1 rings (SSSR count). The molecule has 17 heavy (non-hydrogen) atoms. The topological polar surface area (TPSA) is 72.2 Å². The van der Waals surface area contributed by atoms with Crippen LogP contribution in [0.2, 0.25) is 0 Å². The molecule has 0 heterocycles. The van der Waals surface area contributed by atoms with Crippen LogP contribution in [0, 0.1) is 0 Å². The SMILES string of the molecule is NC(=O)CCCCCNC(=O)c1ccccc1. The molecule has 0 saturated carbocycles. The largest absolute Gasteiger partial charge is 0.370 e. The Morgan fingerprint density at radius 1 is 1.06 bits per heavy atom. The van der Waals surface area contributed by atoms with Crippen LogP contribution in [0.15, 0.2) is 30.3 Å². The van der Waals surface area contributed by atoms with Gasteiger partial charge in [-0.1, -0.05) is 24.6 Å². The maximum absolute atomic E-state index is 11.6. The van der Waals surface area contributed by atoms with Crippen molar-refractivity contribution in [1.29, 1.82) is 0 Å². The van der Waals surface area contributed by atoms with Gasteiger partial charge in [-0.2, -0.15) is 0 Å². The van der Waals surface area contributed by atoms with Gasteiger partial charge in [-0.25, -0.2) is 0 Å². The first-order chi connectivity index (χ1) is 8.20. The molecule has 0 aliphatic rings. The van der Waals surface area contributed by atoms with Crippen LogP contribution in [0.4, 0.5) is 0 Å². The Hall–Kier alpha value is -1.84. The fourth-order valence-corrected chi connectivity index (χ4v) is 1.49. The predicted octanol–water partition coefficient (Wildman–Crippen LogP) is 1.46. The molecule has 0 aliphatic carbocycles. The van der Waals surface area contributed by atoms with Crippen molar-refractivity contribution in [3.8, 4) is 0 Å². The Morgan fingerprint density at radius 2 is 1.76 bits per heavy atom. The standard InChI is InChI=1S/C13H18N2O2/c14-12(16)9-5-2-6-10-15-13(17)11-7-3-1-4-8-11/h1,3-4,7-8H,2,5-6,9-10H2,(H2,14,16)(H,15,17). The number of carbonyl (C=O) groups excluding carboxylic acids is 2. The van der Waals surface area contributed by atoms with Gasteiger partial charge in [-0.15, -0.1) is 0 Å². The molecule has 4 nitrogen and oxygen atoms in total. The molecule has 1 aromatic rings. The molecule has 0 atom stereocenters. The molecule has 0 saturated heterocycles. The van der Waals surface area contributed by atoms with Crippen molar-refractivity contribution in [2.75, 3.05) is 6.54 Å². The number of unbranched alkanes of at least 4 members (excludes halogenated alkanes) is 2. The predicted molar refractivity (Wildman–Crippen MR) is 66.4 cm³/mol. The molecular weight excluding hydrogens is 216 g/mol. The Morgan fingerprint density at radius 3 is 2.41 bits per heavy atom. The van der Waals surface area contributed by atoms with Gasteiger partial charge >= 0.3 is 0 Å². The van der Waals surface area contributed by atoms with Gasteiger partial charge in [0.1, 0.15) is 0 Å². The summed E-state index contributed by atoms with van der Waals surface area (Å²) in [5, 5.41) is 2.83. The molecule has 0 bridgehead atoms. The summed E-state index contributed by atoms with van der Waals surface area (Å²) in [6.07, 6.45) is 2.98. The van der Waals surface area contributed by atoms with Gasteiger partial charge in [0.15, 0.2) is 0 Å². The van der Waals surface area contributed by atoms with Gasteiger partial charge in [0, 0.05) is 18.5 Å². The second kappa shape index (κ2) is 7.44. The highest BCUT2D eigenvalue weighted by molar-refractivity contribution is 5.94. The van der Waals surface area contributed by atoms with E-state index in [4.69, 9.17) is 5.73 Å². The Kier molecular flexibility index (Phi) is 5.79. The summed E-state index contributed by atoms with van der Waals surface area (Å²) in [6.45, 7) is 0.631. The summed E-state index contributed by atoms with van der Waals surface area (Å²) in [6, 6.07) is 9.11. The molecule has 92 valence electrons. The van der Waals surface area contributed by atoms with Crippen LogP contribution < -0.4 is 11.1 Å². The third kappa shape index (κ3) is 5.70. The van der Waals surface area contributed by atoms with E-state index in [0.29, 0.717) is 18.5 Å². The van der Waals surface area contributed by atoms with E-state index in [1.165, 1.54) is 0 Å². The van der Waals surface area contributed by atoms with E-state index in [9.17, 15) is 9.59 Å². The van der Waals surface area contributed by atoms with E-state index in [1.54, 1.807) is 12.1 Å². The Labute approximate surface area is 101 Å². The van der Waals surface area contributed by atoms with Gasteiger partial charge in [0.25, 0.3) is 5.91 Å². The van der Waals surface area contributed by atoms with Crippen molar-refractivity contribution in [2.45, 2.75) is 25.7 Å². The fraction of sp³-hybridized carbons (Fsp3) is 0.385. The summed E-state index contributed by atoms with van der Waals surface area (Å²) in [4.78, 5) is 22.1. The number of primary amides is 1. The summed E-state index contributed by atoms with van der Waals surface area (Å²) < 4.78 is 0. The molecule has 0 aromatic heterocycles. The van der Waals surface area contributed by atoms with Gasteiger partial charge in [0.2, 0.25) is 5.91 Å². The minimum atomic E-state index is -0.265. The molecule has 0 unspecified atom stereocenters. The normalized spacial score (nSPS) is 9.88. The molecular formula is C13H18N2O2. The maximum atomic E-state index is 11.6. The fourth-order valence-electron chi connectivity index (χ4n) is 1.49. The lowest BCUT2D eigenvalue weighted by Crippen LogP contribution is -2.24. The molecule has 4 heteroatoms. The van der Waals surface area contributed by atoms with Crippen molar-refractivity contribution in [2.24, 2.45) is 5.73 Å². The van der Waals surface area contributed by atoms with Crippen LogP contribution in [-0.2, 0) is 4.79 Å². The van der Waals surface area contributed by atoms with Crippen molar-refractivity contribution in [1.82, 2.24) is 5.32 Å². The molecule has 0 fully saturated rings. The van der Waals surface area contributed by atoms with E-state index < -0.39 is 0 Å². The zero-order valence-electron chi connectivity index (χ0n) is 9.82. The minimum absolute atomic E-state index is 0.0551. The van der Waals surface area contributed by atoms with Crippen LogP contribution in [0.25, 0.3) is 0 Å². The van der Waals surface area contributed by atoms with E-state index in [0.717, 1.165) is 19.3 Å². The monoisotopic (exact) mass is 234 g/mol. The number of amides is 2. The van der Waals surface area contributed by atoms with Gasteiger partial charge in [-0.05, 0) is 25.0 Å². The second-order valence-corrected chi connectivity index (χ2v) is 3.90. The van der Waals surface area contributed by atoms with E-state index >= 15 is 0 Å². The number of hydrogen-bond acceptors (Lipinski definition) is 2. The minimum Gasteiger partial charge on any atom is -0.370 e. The number of rotatable bonds is 7. The van der Waals surface area contributed by atoms with Crippen molar-refractivity contribution < 1.29 is 9.59 Å². The number of carbonyl (C=O) groups is 2. The van der Waals surface area contributed by atoms with Crippen molar-refractivity contribution in [3.05, 3.63) is 35.9 Å². The first-order valence-electron chi connectivity index (χ1n) is 5.81. The molecule has 3 N–H and O–H groups in total. The highest BCUT2D eigenvalue weighted by Crippen LogP contribution is 2.00. The average molecular weight is 234 g/mol. The highest BCUT2D eigenvalue weighted by Gasteiger charge is 2.02. The smallest absolute Gasteiger partial charge is 0.251 e. The van der Waals surface area contributed by atoms with Crippen molar-refractivity contribution in [3.63, 3.8) is 0 Å². The zero-order chi connectivity index (χ0) is 12.5. The van der Waals surface area contributed by atoms with Crippen LogP contribution in [0.3, 0.4) is 0 Å². The summed E-state index contributed by atoms with van der Waals surface area (Å²) in [5.41, 5.74) is 5.69. The van der Waals surface area contributed by atoms with E-state index in [2.05, 4.69) is 5.32 Å². The zero-order valence-corrected chi connectivity index (χ0v) is 9.82. The van der Waals surface area contributed by atoms with Crippen molar-refractivity contribution >= 4 is 11.8 Å². The highest BCUT2D eigenvalue weighted by atomic mass is 16.1. The number of nitrogens with one attached hydrogen (secondary N) is 1. The third-order valence-electron chi connectivity index (χ3n) is 2.42. The molecule has 1 aromatic carbocycles. The Bertz CT molecular complexity index is 363. The summed E-state index contributed by atoms with van der Waals surface area (Å²) in [7, 11) is 0. The van der Waals surface area contributed by atoms with E-state index in [1.807, 2.05) is 18.2 Å². The van der Waals surface area contributed by atoms with E-state index in [-0.39, 0.29) is 11.8 Å². The molecule has 2 amide bonds. The molecule has 0 spiro atoms. The molecule has 0 radical (unpaired) electrons. The third-order valence-corrected chi connectivity index (χ3v) is 2.42. The summed E-state index contributed by atoms with van der Waals surface area (Å²) >= 11 is 0. The van der Waals surface area contributed by atoms with Gasteiger partial charge in [-0.3, -0.25) is 9.59 Å². The van der Waals surface area contributed by atoms with Crippen LogP contribution in [0.5, 0.6) is 0 Å². The van der Waals surface area contributed by atoms with Crippen LogP contribution in [0.1, 0.15) is 36.0 Å². The maximum Gasteiger partial charge on any atom is 0.251 e. The second-order valence-electron chi connectivity index (χ2n) is 3.90. The van der Waals surface area contributed by atoms with Crippen LogP contribution >= 0.6 is 0 Å². The number of hydrogen-bond donors (Lipinski definition) is 2. The quantitative estimate of drug-likeness (QED) is 0.701. The average Bonchev–Trinajstić information content (AvgIpc) is 2.34. The summed E-state index contributed by atoms with van der Waals surface area (Å²) in [5.74, 6) is -0.321. The first-order valence-corrected chi connectivity index (χ1v) is 5.81. The van der Waals surface area contributed by atoms with Gasteiger partial charge < -0.3 is 11.1 Å². The lowest BCUT2D eigenvalue weighted by atomic mass is 10.2. The number of benzene rings is 1. The number of nitrogens with two attached hydrogens (primary N) is 1. The molecule has 0 aliphatic heterocycles. The first kappa shape index (κ1) is 13.2.